The number of nitrogens with zero attached hydrogens (tertiary/aromatic N) is 2. The summed E-state index contributed by atoms with van der Waals surface area (Å²) in [6.07, 6.45) is 3.58. The molecule has 0 amide bonds. The summed E-state index contributed by atoms with van der Waals surface area (Å²) < 4.78 is 0. The minimum atomic E-state index is 0.430. The molecule has 1 aliphatic rings. The normalized spacial score (nSPS) is 23.4. The Balaban J connectivity index is 2.09. The molecule has 1 fully saturated rings. The minimum Gasteiger partial charge on any atom is -0.367 e. The van der Waals surface area contributed by atoms with Crippen molar-refractivity contribution >= 4 is 5.82 Å². The molecule has 2 atom stereocenters. The molecule has 3 N–H and O–H groups in total. The van der Waals surface area contributed by atoms with Crippen LogP contribution >= 0.6 is 0 Å². The molecule has 0 aromatic carbocycles. The molecule has 1 aromatic rings. The Morgan fingerprint density at radius 3 is 3.00 bits per heavy atom. The zero-order valence-electron chi connectivity index (χ0n) is 10.1. The number of anilines is 1. The summed E-state index contributed by atoms with van der Waals surface area (Å²) in [7, 11) is 0. The molecule has 0 saturated heterocycles. The maximum atomic E-state index is 8.85. The number of rotatable bonds is 3. The predicted octanol–water partition coefficient (Wildman–Crippen LogP) is 1.80. The number of aromatic nitrogens is 1. The molecule has 90 valence electrons. The monoisotopic (exact) mass is 230 g/mol. The van der Waals surface area contributed by atoms with Crippen molar-refractivity contribution in [3.8, 4) is 6.07 Å². The number of nitrogens with one attached hydrogen (secondary N) is 1. The summed E-state index contributed by atoms with van der Waals surface area (Å²) in [4.78, 5) is 4.40. The molecule has 17 heavy (non-hydrogen) atoms. The van der Waals surface area contributed by atoms with Gasteiger partial charge in [-0.1, -0.05) is 6.42 Å². The maximum absolute atomic E-state index is 8.85. The van der Waals surface area contributed by atoms with E-state index in [1.54, 1.807) is 0 Å². The van der Waals surface area contributed by atoms with Crippen LogP contribution in [0.5, 0.6) is 0 Å². The van der Waals surface area contributed by atoms with Gasteiger partial charge in [0, 0.05) is 6.04 Å². The first-order chi connectivity index (χ1) is 8.24. The minimum absolute atomic E-state index is 0.430. The fraction of sp³-hybridized carbons (Fsp3) is 0.538. The zero-order chi connectivity index (χ0) is 12.3. The number of nitrogens with two attached hydrogens (primary N) is 1. The third-order valence-corrected chi connectivity index (χ3v) is 3.50. The van der Waals surface area contributed by atoms with Crippen LogP contribution in [0.15, 0.2) is 12.1 Å². The van der Waals surface area contributed by atoms with Gasteiger partial charge in [0.05, 0.1) is 11.3 Å². The van der Waals surface area contributed by atoms with Crippen LogP contribution < -0.4 is 11.1 Å². The molecular weight excluding hydrogens is 212 g/mol. The lowest BCUT2D eigenvalue weighted by atomic mass is 10.0. The van der Waals surface area contributed by atoms with Crippen molar-refractivity contribution in [1.82, 2.24) is 4.98 Å². The van der Waals surface area contributed by atoms with E-state index in [4.69, 9.17) is 11.0 Å². The van der Waals surface area contributed by atoms with E-state index in [1.165, 1.54) is 12.8 Å². The topological polar surface area (TPSA) is 74.7 Å². The van der Waals surface area contributed by atoms with Crippen LogP contribution in [0.3, 0.4) is 0 Å². The van der Waals surface area contributed by atoms with Gasteiger partial charge >= 0.3 is 0 Å². The van der Waals surface area contributed by atoms with E-state index in [1.807, 2.05) is 19.1 Å². The van der Waals surface area contributed by atoms with Crippen LogP contribution in [0.25, 0.3) is 0 Å². The van der Waals surface area contributed by atoms with E-state index in [2.05, 4.69) is 16.4 Å². The molecule has 1 saturated carbocycles. The van der Waals surface area contributed by atoms with Crippen molar-refractivity contribution in [1.29, 1.82) is 5.26 Å². The van der Waals surface area contributed by atoms with Gasteiger partial charge in [-0.25, -0.2) is 4.98 Å². The van der Waals surface area contributed by atoms with Crippen LogP contribution in [0.2, 0.25) is 0 Å². The van der Waals surface area contributed by atoms with Gasteiger partial charge in [-0.15, -0.1) is 0 Å². The summed E-state index contributed by atoms with van der Waals surface area (Å²) in [6, 6.07) is 6.25. The highest BCUT2D eigenvalue weighted by Gasteiger charge is 2.26. The van der Waals surface area contributed by atoms with Crippen molar-refractivity contribution in [3.63, 3.8) is 0 Å². The molecule has 1 aromatic heterocycles. The SMILES string of the molecule is Cc1nc(NC2CCCC2CN)ccc1C#N. The Hall–Kier alpha value is -1.60. The average Bonchev–Trinajstić information content (AvgIpc) is 2.76. The fourth-order valence-electron chi connectivity index (χ4n) is 2.46. The third-order valence-electron chi connectivity index (χ3n) is 3.50. The lowest BCUT2D eigenvalue weighted by molar-refractivity contribution is 0.515. The third kappa shape index (κ3) is 2.56. The summed E-state index contributed by atoms with van der Waals surface area (Å²) in [6.45, 7) is 2.59. The van der Waals surface area contributed by atoms with Gasteiger partial charge in [-0.05, 0) is 44.4 Å². The molecule has 0 radical (unpaired) electrons. The van der Waals surface area contributed by atoms with E-state index in [0.717, 1.165) is 24.5 Å². The lowest BCUT2D eigenvalue weighted by Gasteiger charge is -2.20. The van der Waals surface area contributed by atoms with Crippen LogP contribution in [0.4, 0.5) is 5.82 Å². The molecule has 1 aliphatic carbocycles. The van der Waals surface area contributed by atoms with Crippen molar-refractivity contribution in [2.45, 2.75) is 32.2 Å². The highest BCUT2D eigenvalue weighted by molar-refractivity contribution is 5.43. The van der Waals surface area contributed by atoms with Crippen molar-refractivity contribution in [3.05, 3.63) is 23.4 Å². The summed E-state index contributed by atoms with van der Waals surface area (Å²) >= 11 is 0. The van der Waals surface area contributed by atoms with Crippen molar-refractivity contribution in [2.75, 3.05) is 11.9 Å². The maximum Gasteiger partial charge on any atom is 0.126 e. The van der Waals surface area contributed by atoms with Gasteiger partial charge in [0.15, 0.2) is 0 Å². The second-order valence-corrected chi connectivity index (χ2v) is 4.62. The average molecular weight is 230 g/mol. The Bertz CT molecular complexity index is 436. The van der Waals surface area contributed by atoms with E-state index in [9.17, 15) is 0 Å². The van der Waals surface area contributed by atoms with Gasteiger partial charge in [0.2, 0.25) is 0 Å². The molecule has 1 heterocycles. The standard InChI is InChI=1S/C13H18N4/c1-9-10(7-14)5-6-13(16-9)17-12-4-2-3-11(12)8-15/h5-6,11-12H,2-4,8,15H2,1H3,(H,16,17). The Kier molecular flexibility index (Phi) is 3.60. The molecule has 0 bridgehead atoms. The summed E-state index contributed by atoms with van der Waals surface area (Å²) in [5.41, 5.74) is 7.16. The Labute approximate surface area is 102 Å². The van der Waals surface area contributed by atoms with Crippen LogP contribution in [-0.2, 0) is 0 Å². The van der Waals surface area contributed by atoms with E-state index in [-0.39, 0.29) is 0 Å². The van der Waals surface area contributed by atoms with Crippen molar-refractivity contribution in [2.24, 2.45) is 11.7 Å². The van der Waals surface area contributed by atoms with E-state index in [0.29, 0.717) is 17.5 Å². The van der Waals surface area contributed by atoms with Crippen molar-refractivity contribution < 1.29 is 0 Å². The lowest BCUT2D eigenvalue weighted by Crippen LogP contribution is -2.29. The number of aryl methyl sites for hydroxylation is 1. The Morgan fingerprint density at radius 1 is 1.53 bits per heavy atom. The number of nitriles is 1. The van der Waals surface area contributed by atoms with E-state index >= 15 is 0 Å². The second-order valence-electron chi connectivity index (χ2n) is 4.62. The molecular formula is C13H18N4. The van der Waals surface area contributed by atoms with Gasteiger partial charge < -0.3 is 11.1 Å². The predicted molar refractivity (Wildman–Crippen MR) is 67.5 cm³/mol. The molecule has 2 unspecified atom stereocenters. The first-order valence-electron chi connectivity index (χ1n) is 6.09. The number of hydrogen-bond donors (Lipinski definition) is 2. The molecule has 2 rings (SSSR count). The largest absolute Gasteiger partial charge is 0.367 e. The first-order valence-corrected chi connectivity index (χ1v) is 6.09. The van der Waals surface area contributed by atoms with Crippen LogP contribution in [0.1, 0.15) is 30.5 Å². The highest BCUT2D eigenvalue weighted by atomic mass is 15.0. The van der Waals surface area contributed by atoms with Crippen LogP contribution in [0, 0.1) is 24.2 Å². The molecule has 4 heteroatoms. The summed E-state index contributed by atoms with van der Waals surface area (Å²) in [5.74, 6) is 1.40. The highest BCUT2D eigenvalue weighted by Crippen LogP contribution is 2.27. The first kappa shape index (κ1) is 11.9. The van der Waals surface area contributed by atoms with Crippen LogP contribution in [-0.4, -0.2) is 17.6 Å². The smallest absolute Gasteiger partial charge is 0.126 e. The zero-order valence-corrected chi connectivity index (χ0v) is 10.1. The van der Waals surface area contributed by atoms with Gasteiger partial charge in [0.1, 0.15) is 11.9 Å². The van der Waals surface area contributed by atoms with Gasteiger partial charge in [-0.2, -0.15) is 5.26 Å². The van der Waals surface area contributed by atoms with E-state index < -0.39 is 0 Å². The Morgan fingerprint density at radius 2 is 2.35 bits per heavy atom. The molecule has 4 nitrogen and oxygen atoms in total. The molecule has 0 aliphatic heterocycles. The van der Waals surface area contributed by atoms with Gasteiger partial charge in [0.25, 0.3) is 0 Å². The van der Waals surface area contributed by atoms with Gasteiger partial charge in [-0.3, -0.25) is 0 Å². The number of hydrogen-bond acceptors (Lipinski definition) is 4. The molecule has 0 spiro atoms. The quantitative estimate of drug-likeness (QED) is 0.830. The second kappa shape index (κ2) is 5.15. The number of pyridine rings is 1. The fourth-order valence-corrected chi connectivity index (χ4v) is 2.46. The summed E-state index contributed by atoms with van der Waals surface area (Å²) in [5, 5.41) is 12.3.